The second-order valence-electron chi connectivity index (χ2n) is 7.90. The lowest BCUT2D eigenvalue weighted by atomic mass is 9.94. The van der Waals surface area contributed by atoms with Crippen LogP contribution >= 0.6 is 0 Å². The van der Waals surface area contributed by atoms with Gasteiger partial charge in [-0.2, -0.15) is 4.98 Å². The summed E-state index contributed by atoms with van der Waals surface area (Å²) in [6.45, 7) is 4.61. The maximum absolute atomic E-state index is 13.3. The van der Waals surface area contributed by atoms with Gasteiger partial charge < -0.3 is 14.0 Å². The number of carbonyl (C=O) groups excluding carboxylic acids is 1. The number of hydrogen-bond donors (Lipinski definition) is 0. The Morgan fingerprint density at radius 3 is 2.78 bits per heavy atom. The zero-order valence-corrected chi connectivity index (χ0v) is 16.2. The first-order chi connectivity index (χ1) is 13.0. The number of rotatable bonds is 3. The molecule has 1 atom stereocenters. The molecule has 27 heavy (non-hydrogen) atoms. The Morgan fingerprint density at radius 2 is 2.04 bits per heavy atom. The van der Waals surface area contributed by atoms with Crippen LogP contribution in [0, 0.1) is 0 Å². The Kier molecular flexibility index (Phi) is 4.61. The van der Waals surface area contributed by atoms with Gasteiger partial charge in [0.05, 0.1) is 0 Å². The molecule has 7 nitrogen and oxygen atoms in total. The van der Waals surface area contributed by atoms with E-state index < -0.39 is 0 Å². The molecule has 2 aliphatic rings. The van der Waals surface area contributed by atoms with Gasteiger partial charge in [0.2, 0.25) is 5.89 Å². The fraction of sp³-hybridized carbons (Fsp3) is 0.600. The molecular formula is C20H26N4O3. The quantitative estimate of drug-likeness (QED) is 0.830. The molecule has 0 spiro atoms. The lowest BCUT2D eigenvalue weighted by Crippen LogP contribution is -2.37. The van der Waals surface area contributed by atoms with Crippen LogP contribution < -0.4 is 5.56 Å². The lowest BCUT2D eigenvalue weighted by molar-refractivity contribution is 0.0707. The minimum absolute atomic E-state index is 0.168. The predicted molar refractivity (Wildman–Crippen MR) is 99.7 cm³/mol. The highest BCUT2D eigenvalue weighted by atomic mass is 16.5. The number of carbonyl (C=O) groups is 1. The number of hydrogen-bond acceptors (Lipinski definition) is 5. The third-order valence-corrected chi connectivity index (χ3v) is 5.74. The van der Waals surface area contributed by atoms with Gasteiger partial charge in [-0.15, -0.1) is 0 Å². The second-order valence-corrected chi connectivity index (χ2v) is 7.90. The second kappa shape index (κ2) is 6.94. The zero-order valence-electron chi connectivity index (χ0n) is 16.2. The van der Waals surface area contributed by atoms with E-state index in [4.69, 9.17) is 4.52 Å². The van der Waals surface area contributed by atoms with Crippen molar-refractivity contribution in [1.29, 1.82) is 0 Å². The molecule has 1 aliphatic heterocycles. The Hall–Kier alpha value is -2.44. The third kappa shape index (κ3) is 3.09. The van der Waals surface area contributed by atoms with E-state index in [0.717, 1.165) is 49.8 Å². The number of nitrogens with zero attached hydrogens (tertiary/aromatic N) is 4. The number of likely N-dealkylation sites (tertiary alicyclic amines) is 1. The van der Waals surface area contributed by atoms with Crippen molar-refractivity contribution >= 4 is 5.91 Å². The highest BCUT2D eigenvalue weighted by Gasteiger charge is 2.36. The summed E-state index contributed by atoms with van der Waals surface area (Å²) in [6.07, 6.45) is 5.66. The molecule has 7 heteroatoms. The van der Waals surface area contributed by atoms with Crippen LogP contribution in [0.2, 0.25) is 0 Å². The number of fused-ring (bicyclic) bond motifs is 1. The molecule has 1 saturated heterocycles. The van der Waals surface area contributed by atoms with Gasteiger partial charge in [0.1, 0.15) is 11.6 Å². The molecule has 2 aromatic heterocycles. The third-order valence-electron chi connectivity index (χ3n) is 5.74. The van der Waals surface area contributed by atoms with Crippen LogP contribution in [0.25, 0.3) is 0 Å². The normalized spacial score (nSPS) is 19.6. The molecule has 0 radical (unpaired) electrons. The van der Waals surface area contributed by atoms with E-state index in [1.54, 1.807) is 16.5 Å². The predicted octanol–water partition coefficient (Wildman–Crippen LogP) is 2.75. The highest BCUT2D eigenvalue weighted by molar-refractivity contribution is 5.94. The summed E-state index contributed by atoms with van der Waals surface area (Å²) < 4.78 is 7.10. The maximum Gasteiger partial charge on any atom is 0.263 e. The van der Waals surface area contributed by atoms with Gasteiger partial charge in [0.25, 0.3) is 11.5 Å². The van der Waals surface area contributed by atoms with Gasteiger partial charge in [-0.1, -0.05) is 19.0 Å². The Bertz CT molecular complexity index is 928. The van der Waals surface area contributed by atoms with Crippen LogP contribution in [0.3, 0.4) is 0 Å². The topological polar surface area (TPSA) is 81.2 Å². The van der Waals surface area contributed by atoms with E-state index in [1.165, 1.54) is 0 Å². The van der Waals surface area contributed by atoms with Gasteiger partial charge in [0, 0.05) is 25.2 Å². The Labute approximate surface area is 158 Å². The fourth-order valence-electron chi connectivity index (χ4n) is 4.18. The van der Waals surface area contributed by atoms with E-state index in [-0.39, 0.29) is 29.0 Å². The molecule has 0 bridgehead atoms. The van der Waals surface area contributed by atoms with Crippen LogP contribution in [-0.4, -0.2) is 32.1 Å². The van der Waals surface area contributed by atoms with Gasteiger partial charge in [-0.25, -0.2) is 0 Å². The Balaban J connectivity index is 1.67. The van der Waals surface area contributed by atoms with Gasteiger partial charge in [-0.3, -0.25) is 9.59 Å². The fourth-order valence-corrected chi connectivity index (χ4v) is 4.18. The summed E-state index contributed by atoms with van der Waals surface area (Å²) >= 11 is 0. The maximum atomic E-state index is 13.3. The molecule has 2 aromatic rings. The number of aromatic nitrogens is 3. The molecule has 1 amide bonds. The molecule has 0 N–H and O–H groups in total. The van der Waals surface area contributed by atoms with E-state index in [0.29, 0.717) is 18.3 Å². The van der Waals surface area contributed by atoms with Crippen molar-refractivity contribution in [3.8, 4) is 0 Å². The summed E-state index contributed by atoms with van der Waals surface area (Å²) in [5, 5.41) is 4.03. The summed E-state index contributed by atoms with van der Waals surface area (Å²) in [5.74, 6) is 1.06. The van der Waals surface area contributed by atoms with Crippen molar-refractivity contribution in [2.24, 2.45) is 7.05 Å². The van der Waals surface area contributed by atoms with Crippen LogP contribution in [0.4, 0.5) is 0 Å². The van der Waals surface area contributed by atoms with Crippen LogP contribution in [0.1, 0.15) is 84.8 Å². The van der Waals surface area contributed by atoms with Gasteiger partial charge in [-0.05, 0) is 50.2 Å². The Morgan fingerprint density at radius 1 is 1.26 bits per heavy atom. The molecule has 144 valence electrons. The van der Waals surface area contributed by atoms with Crippen LogP contribution in [0.15, 0.2) is 15.4 Å². The zero-order chi connectivity index (χ0) is 19.1. The SMILES string of the molecule is CC(C)c1noc(C2CCCN2C(=O)c2cc3c(n(C)c2=O)CCCC3)n1. The highest BCUT2D eigenvalue weighted by Crippen LogP contribution is 2.33. The van der Waals surface area contributed by atoms with Crippen molar-refractivity contribution in [2.45, 2.75) is 64.3 Å². The van der Waals surface area contributed by atoms with E-state index in [2.05, 4.69) is 10.1 Å². The first kappa shape index (κ1) is 17.9. The number of aryl methyl sites for hydroxylation is 1. The molecule has 4 rings (SSSR count). The summed E-state index contributed by atoms with van der Waals surface area (Å²) in [4.78, 5) is 32.3. The van der Waals surface area contributed by atoms with Crippen molar-refractivity contribution in [3.05, 3.63) is 45.0 Å². The molecule has 1 unspecified atom stereocenters. The molecule has 1 fully saturated rings. The average molecular weight is 370 g/mol. The molecule has 1 aliphatic carbocycles. The molecule has 0 aromatic carbocycles. The molecular weight excluding hydrogens is 344 g/mol. The average Bonchev–Trinajstić information content (AvgIpc) is 3.33. The van der Waals surface area contributed by atoms with Gasteiger partial charge in [0.15, 0.2) is 5.82 Å². The molecule has 3 heterocycles. The first-order valence-electron chi connectivity index (χ1n) is 9.83. The first-order valence-corrected chi connectivity index (χ1v) is 9.83. The van der Waals surface area contributed by atoms with E-state index in [1.807, 2.05) is 19.9 Å². The van der Waals surface area contributed by atoms with Crippen molar-refractivity contribution in [3.63, 3.8) is 0 Å². The van der Waals surface area contributed by atoms with Crippen molar-refractivity contribution in [1.82, 2.24) is 19.6 Å². The van der Waals surface area contributed by atoms with E-state index in [9.17, 15) is 9.59 Å². The minimum atomic E-state index is -0.252. The summed E-state index contributed by atoms with van der Waals surface area (Å²) in [6, 6.07) is 1.57. The standard InChI is InChI=1S/C20H26N4O3/c1-12(2)17-21-18(27-22-17)16-9-6-10-24(16)20(26)14-11-13-7-4-5-8-15(13)23(3)19(14)25/h11-12,16H,4-10H2,1-3H3. The van der Waals surface area contributed by atoms with Crippen LogP contribution in [0.5, 0.6) is 0 Å². The summed E-state index contributed by atoms with van der Waals surface area (Å²) in [7, 11) is 1.78. The summed E-state index contributed by atoms with van der Waals surface area (Å²) in [5.41, 5.74) is 2.25. The number of pyridine rings is 1. The van der Waals surface area contributed by atoms with Crippen molar-refractivity contribution in [2.75, 3.05) is 6.54 Å². The van der Waals surface area contributed by atoms with Crippen LogP contribution in [-0.2, 0) is 19.9 Å². The minimum Gasteiger partial charge on any atom is -0.337 e. The lowest BCUT2D eigenvalue weighted by Gasteiger charge is -2.24. The van der Waals surface area contributed by atoms with Crippen molar-refractivity contribution < 1.29 is 9.32 Å². The number of amides is 1. The molecule has 0 saturated carbocycles. The van der Waals surface area contributed by atoms with E-state index >= 15 is 0 Å². The smallest absolute Gasteiger partial charge is 0.263 e. The van der Waals surface area contributed by atoms with Gasteiger partial charge >= 0.3 is 0 Å². The largest absolute Gasteiger partial charge is 0.337 e. The monoisotopic (exact) mass is 370 g/mol.